The molecule has 0 bridgehead atoms. The maximum absolute atomic E-state index is 6.91. The van der Waals surface area contributed by atoms with Crippen molar-refractivity contribution in [2.45, 2.75) is 153 Å². The van der Waals surface area contributed by atoms with E-state index in [4.69, 9.17) is 15.1 Å². The first-order chi connectivity index (χ1) is 14.3. The van der Waals surface area contributed by atoms with E-state index in [0.29, 0.717) is 24.4 Å². The third-order valence-corrected chi connectivity index (χ3v) is 12.7. The van der Waals surface area contributed by atoms with Crippen LogP contribution in [0.5, 0.6) is 0 Å². The Hall–Kier alpha value is 0.383. The minimum absolute atomic E-state index is 0.291. The van der Waals surface area contributed by atoms with Crippen LogP contribution in [0.15, 0.2) is 0 Å². The Balaban J connectivity index is 1.51. The molecule has 5 heteroatoms. The summed E-state index contributed by atoms with van der Waals surface area (Å²) in [6, 6.07) is 0. The van der Waals surface area contributed by atoms with Crippen LogP contribution < -0.4 is 0 Å². The monoisotopic (exact) mass is 470 g/mol. The molecule has 0 aromatic heterocycles. The van der Waals surface area contributed by atoms with E-state index >= 15 is 0 Å². The quantitative estimate of drug-likeness (QED) is 0.366. The molecule has 168 valence electrons. The fraction of sp³-hybridized carbons (Fsp3) is 1.00. The summed E-state index contributed by atoms with van der Waals surface area (Å²) in [5.74, 6) is 0. The van der Waals surface area contributed by atoms with Gasteiger partial charge in [0.2, 0.25) is 0 Å². The first kappa shape index (κ1) is 22.6. The van der Waals surface area contributed by atoms with Gasteiger partial charge in [-0.15, -0.1) is 0 Å². The molecule has 0 aliphatic heterocycles. The van der Waals surface area contributed by atoms with Gasteiger partial charge in [-0.1, -0.05) is 0 Å². The van der Waals surface area contributed by atoms with Crippen LogP contribution in [0.25, 0.3) is 0 Å². The molecule has 29 heavy (non-hydrogen) atoms. The Morgan fingerprint density at radius 3 is 0.724 bits per heavy atom. The number of rotatable bonds is 8. The van der Waals surface area contributed by atoms with Crippen molar-refractivity contribution in [3.8, 4) is 0 Å². The van der Waals surface area contributed by atoms with Crippen molar-refractivity contribution >= 4 is 14.6 Å². The standard InChI is InChI=1S/C24H44GeO4/c1-5-13-21(14-6-1)26-25(27-22-15-7-2-8-16-22,28-23-17-9-3-10-18-23)29-24-19-11-4-12-20-24/h21-24H,1-20H2. The summed E-state index contributed by atoms with van der Waals surface area (Å²) >= 11 is -3.80. The molecule has 4 saturated carbocycles. The maximum atomic E-state index is 6.91. The molecule has 0 N–H and O–H groups in total. The Bertz CT molecular complexity index is 364. The topological polar surface area (TPSA) is 36.9 Å². The summed E-state index contributed by atoms with van der Waals surface area (Å²) in [7, 11) is 0. The van der Waals surface area contributed by atoms with Crippen molar-refractivity contribution in [1.82, 2.24) is 0 Å². The molecule has 0 heterocycles. The van der Waals surface area contributed by atoms with Gasteiger partial charge in [-0.3, -0.25) is 0 Å². The molecular weight excluding hydrogens is 425 g/mol. The number of hydrogen-bond acceptors (Lipinski definition) is 4. The van der Waals surface area contributed by atoms with E-state index in [0.717, 1.165) is 51.4 Å². The van der Waals surface area contributed by atoms with Gasteiger partial charge in [0.05, 0.1) is 0 Å². The van der Waals surface area contributed by atoms with Crippen LogP contribution >= 0.6 is 0 Å². The Morgan fingerprint density at radius 2 is 0.517 bits per heavy atom. The van der Waals surface area contributed by atoms with E-state index in [1.807, 2.05) is 0 Å². The van der Waals surface area contributed by atoms with E-state index in [-0.39, 0.29) is 0 Å². The van der Waals surface area contributed by atoms with Gasteiger partial charge in [-0.05, 0) is 0 Å². The summed E-state index contributed by atoms with van der Waals surface area (Å²) in [4.78, 5) is 0. The Kier molecular flexibility index (Phi) is 9.22. The van der Waals surface area contributed by atoms with Crippen LogP contribution in [0, 0.1) is 0 Å². The zero-order chi connectivity index (χ0) is 19.8. The van der Waals surface area contributed by atoms with Crippen LogP contribution in [0.1, 0.15) is 128 Å². The van der Waals surface area contributed by atoms with Gasteiger partial charge in [0, 0.05) is 0 Å². The van der Waals surface area contributed by atoms with Gasteiger partial charge in [-0.25, -0.2) is 0 Å². The van der Waals surface area contributed by atoms with Crippen LogP contribution in [0.2, 0.25) is 0 Å². The second kappa shape index (κ2) is 11.8. The zero-order valence-corrected chi connectivity index (χ0v) is 20.7. The van der Waals surface area contributed by atoms with Crippen LogP contribution in [0.4, 0.5) is 0 Å². The summed E-state index contributed by atoms with van der Waals surface area (Å²) in [6.45, 7) is 0. The van der Waals surface area contributed by atoms with Crippen LogP contribution in [-0.4, -0.2) is 39.0 Å². The predicted molar refractivity (Wildman–Crippen MR) is 118 cm³/mol. The summed E-state index contributed by atoms with van der Waals surface area (Å²) in [5.41, 5.74) is 0. The van der Waals surface area contributed by atoms with Gasteiger partial charge in [0.1, 0.15) is 0 Å². The molecule has 4 aliphatic rings. The third kappa shape index (κ3) is 7.20. The van der Waals surface area contributed by atoms with Crippen molar-refractivity contribution in [1.29, 1.82) is 0 Å². The van der Waals surface area contributed by atoms with E-state index in [1.165, 1.54) is 77.0 Å². The predicted octanol–water partition coefficient (Wildman–Crippen LogP) is 6.82. The molecule has 4 rings (SSSR count). The molecule has 0 spiro atoms. The van der Waals surface area contributed by atoms with Gasteiger partial charge in [0.25, 0.3) is 0 Å². The molecule has 0 aromatic carbocycles. The van der Waals surface area contributed by atoms with Crippen molar-refractivity contribution < 1.29 is 15.1 Å². The Morgan fingerprint density at radius 1 is 0.310 bits per heavy atom. The molecule has 0 radical (unpaired) electrons. The second-order valence-corrected chi connectivity index (χ2v) is 14.1. The van der Waals surface area contributed by atoms with E-state index in [9.17, 15) is 0 Å². The van der Waals surface area contributed by atoms with E-state index < -0.39 is 14.6 Å². The molecule has 4 nitrogen and oxygen atoms in total. The fourth-order valence-electron chi connectivity index (χ4n) is 5.72. The van der Waals surface area contributed by atoms with Crippen molar-refractivity contribution in [3.63, 3.8) is 0 Å². The van der Waals surface area contributed by atoms with Gasteiger partial charge in [-0.2, -0.15) is 0 Å². The van der Waals surface area contributed by atoms with Crippen molar-refractivity contribution in [3.05, 3.63) is 0 Å². The molecule has 0 atom stereocenters. The second-order valence-electron chi connectivity index (χ2n) is 10.0. The average molecular weight is 469 g/mol. The summed E-state index contributed by atoms with van der Waals surface area (Å²) < 4.78 is 27.6. The third-order valence-electron chi connectivity index (χ3n) is 7.45. The SMILES string of the molecule is C1CCC([O][Ge]([O]C2CCCCC2)([O]C2CCCCC2)[O]C2CCCCC2)CC1. The van der Waals surface area contributed by atoms with Crippen molar-refractivity contribution in [2.24, 2.45) is 0 Å². The minimum atomic E-state index is -3.80. The van der Waals surface area contributed by atoms with Gasteiger partial charge in [0.15, 0.2) is 0 Å². The molecule has 0 amide bonds. The number of hydrogen-bond donors (Lipinski definition) is 0. The average Bonchev–Trinajstić information content (AvgIpc) is 2.76. The first-order valence-electron chi connectivity index (χ1n) is 13.0. The van der Waals surface area contributed by atoms with Crippen LogP contribution in [-0.2, 0) is 15.1 Å². The zero-order valence-electron chi connectivity index (χ0n) is 18.6. The summed E-state index contributed by atoms with van der Waals surface area (Å²) in [5, 5.41) is 0. The molecule has 0 aromatic rings. The van der Waals surface area contributed by atoms with Gasteiger partial charge >= 0.3 is 182 Å². The van der Waals surface area contributed by atoms with Crippen molar-refractivity contribution in [2.75, 3.05) is 0 Å². The van der Waals surface area contributed by atoms with Crippen LogP contribution in [0.3, 0.4) is 0 Å². The molecular formula is C24H44GeO4. The molecule has 0 saturated heterocycles. The molecule has 0 unspecified atom stereocenters. The van der Waals surface area contributed by atoms with E-state index in [2.05, 4.69) is 0 Å². The fourth-order valence-corrected chi connectivity index (χ4v) is 11.8. The first-order valence-corrected chi connectivity index (χ1v) is 16.5. The molecule has 4 fully saturated rings. The molecule has 4 aliphatic carbocycles. The Labute approximate surface area is 182 Å². The van der Waals surface area contributed by atoms with E-state index in [1.54, 1.807) is 0 Å². The summed E-state index contributed by atoms with van der Waals surface area (Å²) in [6.07, 6.45) is 26.0. The normalized spacial score (nSPS) is 27.3. The van der Waals surface area contributed by atoms with Gasteiger partial charge < -0.3 is 0 Å².